The third-order valence-electron chi connectivity index (χ3n) is 5.00. The van der Waals surface area contributed by atoms with Crippen LogP contribution in [-0.4, -0.2) is 49.1 Å². The minimum absolute atomic E-state index is 0.00906. The molecule has 1 aliphatic heterocycles. The number of aromatic nitrogens is 2. The van der Waals surface area contributed by atoms with Gasteiger partial charge >= 0.3 is 0 Å². The maximum atomic E-state index is 12.6. The Bertz CT molecular complexity index is 1050. The zero-order valence-corrected chi connectivity index (χ0v) is 15.6. The fourth-order valence-electron chi connectivity index (χ4n) is 3.46. The van der Waals surface area contributed by atoms with Crippen molar-refractivity contribution in [3.8, 4) is 11.8 Å². The Morgan fingerprint density at radius 2 is 1.89 bits per heavy atom. The van der Waals surface area contributed by atoms with E-state index in [4.69, 9.17) is 4.74 Å². The second-order valence-corrected chi connectivity index (χ2v) is 6.61. The molecule has 2 aromatic heterocycles. The van der Waals surface area contributed by atoms with Crippen LogP contribution in [0, 0.1) is 11.3 Å². The van der Waals surface area contributed by atoms with E-state index in [0.29, 0.717) is 37.3 Å². The monoisotopic (exact) mass is 374 g/mol. The number of hydrogen-bond acceptors (Lipinski definition) is 5. The number of nitriles is 1. The predicted molar refractivity (Wildman–Crippen MR) is 104 cm³/mol. The first-order chi connectivity index (χ1) is 13.7. The number of nitrogens with one attached hydrogen (secondary N) is 1. The predicted octanol–water partition coefficient (Wildman–Crippen LogP) is 1.89. The molecule has 1 N–H and O–H groups in total. The first kappa shape index (κ1) is 17.7. The number of methoxy groups -OCH3 is 1. The summed E-state index contributed by atoms with van der Waals surface area (Å²) >= 11 is 0. The van der Waals surface area contributed by atoms with Gasteiger partial charge in [0, 0.05) is 29.4 Å². The van der Waals surface area contributed by atoms with E-state index in [1.807, 2.05) is 29.2 Å². The lowest BCUT2D eigenvalue weighted by atomic mass is 10.1. The molecule has 1 aromatic carbocycles. The molecule has 1 aliphatic rings. The van der Waals surface area contributed by atoms with Gasteiger partial charge < -0.3 is 9.64 Å². The fraction of sp³-hybridized carbons (Fsp3) is 0.238. The molecular formula is C21H20N5O2+. The van der Waals surface area contributed by atoms with Crippen LogP contribution < -0.4 is 14.6 Å². The standard InChI is InChI=1S/C21H19N5O2/c1-28-18-3-2-16-12-17(14-22)20(24-19(16)13-18)25-8-10-26(11-9-25)21(27)15-4-6-23-7-5-15/h2-7,12-13H,8-11H2,1H3/p+1. The second-order valence-electron chi connectivity index (χ2n) is 6.61. The maximum Gasteiger partial charge on any atom is 0.293 e. The van der Waals surface area contributed by atoms with Gasteiger partial charge in [0.05, 0.1) is 20.2 Å². The summed E-state index contributed by atoms with van der Waals surface area (Å²) in [5, 5.41) is 10.6. The highest BCUT2D eigenvalue weighted by atomic mass is 16.5. The summed E-state index contributed by atoms with van der Waals surface area (Å²) in [6.07, 6.45) is 3.25. The smallest absolute Gasteiger partial charge is 0.293 e. The number of carbonyl (C=O) groups is 1. The minimum Gasteiger partial charge on any atom is -0.497 e. The molecule has 140 valence electrons. The molecular weight excluding hydrogens is 354 g/mol. The number of carbonyl (C=O) groups excluding carboxylic acids is 1. The Morgan fingerprint density at radius 1 is 1.14 bits per heavy atom. The highest BCUT2D eigenvalue weighted by molar-refractivity contribution is 5.94. The average Bonchev–Trinajstić information content (AvgIpc) is 2.78. The van der Waals surface area contributed by atoms with E-state index in [0.717, 1.165) is 22.5 Å². The van der Waals surface area contributed by atoms with Crippen LogP contribution in [0.25, 0.3) is 10.9 Å². The average molecular weight is 374 g/mol. The number of fused-ring (bicyclic) bond motifs is 1. The molecule has 0 spiro atoms. The maximum absolute atomic E-state index is 12.6. The Morgan fingerprint density at radius 3 is 2.57 bits per heavy atom. The van der Waals surface area contributed by atoms with Crippen LogP contribution in [0.4, 0.5) is 5.82 Å². The van der Waals surface area contributed by atoms with Crippen molar-refractivity contribution < 1.29 is 14.5 Å². The Kier molecular flexibility index (Phi) is 4.77. The second kappa shape index (κ2) is 7.53. The first-order valence-electron chi connectivity index (χ1n) is 9.08. The van der Waals surface area contributed by atoms with Crippen LogP contribution in [0.1, 0.15) is 15.9 Å². The SMILES string of the molecule is COc1ccc2cc(C#N)c(N3CCN(C(=O)c4ccncc4)CC3)[nH+]c2c1. The number of H-pyrrole nitrogens is 1. The number of benzene rings is 1. The van der Waals surface area contributed by atoms with Crippen LogP contribution in [0.2, 0.25) is 0 Å². The van der Waals surface area contributed by atoms with Crippen molar-refractivity contribution in [3.05, 3.63) is 59.9 Å². The molecule has 0 saturated carbocycles. The van der Waals surface area contributed by atoms with Crippen LogP contribution in [0.5, 0.6) is 5.75 Å². The van der Waals surface area contributed by atoms with Crippen molar-refractivity contribution in [1.29, 1.82) is 5.26 Å². The summed E-state index contributed by atoms with van der Waals surface area (Å²) in [6.45, 7) is 2.49. The van der Waals surface area contributed by atoms with Gasteiger partial charge in [-0.1, -0.05) is 0 Å². The van der Waals surface area contributed by atoms with Gasteiger partial charge in [-0.05, 0) is 30.3 Å². The number of ether oxygens (including phenoxy) is 1. The van der Waals surface area contributed by atoms with Crippen molar-refractivity contribution >= 4 is 22.6 Å². The number of hydrogen-bond donors (Lipinski definition) is 0. The van der Waals surface area contributed by atoms with Gasteiger partial charge in [-0.3, -0.25) is 14.7 Å². The molecule has 1 saturated heterocycles. The zero-order valence-electron chi connectivity index (χ0n) is 15.6. The Hall–Kier alpha value is -3.66. The zero-order chi connectivity index (χ0) is 19.5. The Labute approximate surface area is 162 Å². The van der Waals surface area contributed by atoms with Gasteiger partial charge in [0.1, 0.15) is 36.0 Å². The highest BCUT2D eigenvalue weighted by Crippen LogP contribution is 2.23. The van der Waals surface area contributed by atoms with E-state index < -0.39 is 0 Å². The molecule has 4 rings (SSSR count). The van der Waals surface area contributed by atoms with Crippen molar-refractivity contribution in [3.63, 3.8) is 0 Å². The van der Waals surface area contributed by atoms with Crippen LogP contribution >= 0.6 is 0 Å². The molecule has 0 unspecified atom stereocenters. The molecule has 0 atom stereocenters. The van der Waals surface area contributed by atoms with E-state index in [1.54, 1.807) is 31.6 Å². The van der Waals surface area contributed by atoms with E-state index >= 15 is 0 Å². The molecule has 28 heavy (non-hydrogen) atoms. The number of amides is 1. The number of anilines is 1. The molecule has 7 heteroatoms. The van der Waals surface area contributed by atoms with Gasteiger partial charge in [-0.15, -0.1) is 0 Å². The largest absolute Gasteiger partial charge is 0.497 e. The van der Waals surface area contributed by atoms with Crippen molar-refractivity contribution in [2.75, 3.05) is 38.2 Å². The van der Waals surface area contributed by atoms with E-state index in [-0.39, 0.29) is 5.91 Å². The normalized spacial score (nSPS) is 14.0. The Balaban J connectivity index is 1.56. The molecule has 7 nitrogen and oxygen atoms in total. The quantitative estimate of drug-likeness (QED) is 0.699. The van der Waals surface area contributed by atoms with Gasteiger partial charge in [0.15, 0.2) is 0 Å². The fourth-order valence-corrected chi connectivity index (χ4v) is 3.46. The molecule has 0 radical (unpaired) electrons. The van der Waals surface area contributed by atoms with Gasteiger partial charge in [0.25, 0.3) is 11.7 Å². The lowest BCUT2D eigenvalue weighted by molar-refractivity contribution is -0.331. The molecule has 0 aliphatic carbocycles. The van der Waals surface area contributed by atoms with Crippen molar-refractivity contribution in [1.82, 2.24) is 9.88 Å². The van der Waals surface area contributed by atoms with E-state index in [1.165, 1.54) is 0 Å². The number of piperazine rings is 1. The topological polar surface area (TPSA) is 83.6 Å². The first-order valence-corrected chi connectivity index (χ1v) is 9.08. The summed E-state index contributed by atoms with van der Waals surface area (Å²) < 4.78 is 5.30. The van der Waals surface area contributed by atoms with Gasteiger partial charge in [-0.25, -0.2) is 4.98 Å². The molecule has 1 fully saturated rings. The molecule has 1 amide bonds. The third-order valence-corrected chi connectivity index (χ3v) is 5.00. The summed E-state index contributed by atoms with van der Waals surface area (Å²) in [6, 6.07) is 13.4. The lowest BCUT2D eigenvalue weighted by Crippen LogP contribution is -2.50. The molecule has 3 heterocycles. The number of nitrogens with zero attached hydrogens (tertiary/aromatic N) is 4. The summed E-state index contributed by atoms with van der Waals surface area (Å²) in [7, 11) is 1.63. The van der Waals surface area contributed by atoms with Crippen LogP contribution in [0.15, 0.2) is 48.8 Å². The van der Waals surface area contributed by atoms with Crippen molar-refractivity contribution in [2.24, 2.45) is 0 Å². The molecule has 0 bridgehead atoms. The minimum atomic E-state index is 0.00906. The number of rotatable bonds is 3. The third kappa shape index (κ3) is 3.32. The van der Waals surface area contributed by atoms with E-state index in [9.17, 15) is 10.1 Å². The van der Waals surface area contributed by atoms with E-state index in [2.05, 4.69) is 20.9 Å². The lowest BCUT2D eigenvalue weighted by Gasteiger charge is -2.31. The molecule has 3 aromatic rings. The van der Waals surface area contributed by atoms with Crippen LogP contribution in [-0.2, 0) is 0 Å². The highest BCUT2D eigenvalue weighted by Gasteiger charge is 2.29. The number of aromatic amines is 1. The van der Waals surface area contributed by atoms with Crippen LogP contribution in [0.3, 0.4) is 0 Å². The van der Waals surface area contributed by atoms with Crippen molar-refractivity contribution in [2.45, 2.75) is 0 Å². The van der Waals surface area contributed by atoms with Gasteiger partial charge in [0.2, 0.25) is 0 Å². The summed E-state index contributed by atoms with van der Waals surface area (Å²) in [5.74, 6) is 1.54. The van der Waals surface area contributed by atoms with Gasteiger partial charge in [-0.2, -0.15) is 5.26 Å². The summed E-state index contributed by atoms with van der Waals surface area (Å²) in [5.41, 5.74) is 2.14. The number of pyridine rings is 2. The summed E-state index contributed by atoms with van der Waals surface area (Å²) in [4.78, 5) is 23.9.